The van der Waals surface area contributed by atoms with Gasteiger partial charge in [0.05, 0.1) is 30.6 Å². The molecule has 0 N–H and O–H groups in total. The summed E-state index contributed by atoms with van der Waals surface area (Å²) < 4.78 is 20.9. The molecule has 1 aliphatic heterocycles. The van der Waals surface area contributed by atoms with E-state index in [9.17, 15) is 9.18 Å². The third-order valence-corrected chi connectivity index (χ3v) is 5.65. The van der Waals surface area contributed by atoms with Gasteiger partial charge < -0.3 is 9.64 Å². The van der Waals surface area contributed by atoms with Crippen LogP contribution in [0.3, 0.4) is 0 Å². The molecule has 0 aliphatic carbocycles. The Balaban J connectivity index is 1.40. The van der Waals surface area contributed by atoms with Crippen LogP contribution in [0.5, 0.6) is 0 Å². The monoisotopic (exact) mass is 458 g/mol. The Hall–Kier alpha value is -3.98. The molecule has 9 heteroatoms. The normalized spacial score (nSPS) is 15.9. The number of aromatic nitrogens is 5. The lowest BCUT2D eigenvalue weighted by molar-refractivity contribution is -0.0860. The maximum atomic E-state index is 13.7. The van der Waals surface area contributed by atoms with Crippen molar-refractivity contribution in [1.82, 2.24) is 29.6 Å². The molecule has 0 saturated carbocycles. The van der Waals surface area contributed by atoms with Gasteiger partial charge in [-0.05, 0) is 43.7 Å². The van der Waals surface area contributed by atoms with Gasteiger partial charge in [-0.2, -0.15) is 5.10 Å². The van der Waals surface area contributed by atoms with Gasteiger partial charge in [0.2, 0.25) is 0 Å². The molecule has 0 bridgehead atoms. The lowest BCUT2D eigenvalue weighted by Gasteiger charge is -2.36. The summed E-state index contributed by atoms with van der Waals surface area (Å²) in [5.41, 5.74) is 3.39. The molecular formula is C25H23FN6O2. The van der Waals surface area contributed by atoms with E-state index < -0.39 is 12.0 Å². The van der Waals surface area contributed by atoms with Gasteiger partial charge >= 0.3 is 0 Å². The number of benzene rings is 1. The second kappa shape index (κ2) is 9.48. The zero-order valence-corrected chi connectivity index (χ0v) is 18.6. The van der Waals surface area contributed by atoms with Crippen LogP contribution >= 0.6 is 0 Å². The minimum absolute atomic E-state index is 0.136. The van der Waals surface area contributed by atoms with Gasteiger partial charge in [-0.15, -0.1) is 0 Å². The molecule has 5 rings (SSSR count). The maximum absolute atomic E-state index is 13.7. The van der Waals surface area contributed by atoms with E-state index in [1.807, 2.05) is 25.1 Å². The largest absolute Gasteiger partial charge is 0.356 e. The van der Waals surface area contributed by atoms with Crippen molar-refractivity contribution in [1.29, 1.82) is 0 Å². The predicted molar refractivity (Wildman–Crippen MR) is 123 cm³/mol. The summed E-state index contributed by atoms with van der Waals surface area (Å²) in [4.78, 5) is 28.2. The molecule has 3 aromatic heterocycles. The van der Waals surface area contributed by atoms with Crippen LogP contribution in [0.15, 0.2) is 67.3 Å². The average Bonchev–Trinajstić information content (AvgIpc) is 3.33. The lowest BCUT2D eigenvalue weighted by atomic mass is 10.0. The minimum atomic E-state index is -0.486. The standard InChI is InChI=1S/C25H23FN6O2/c1-17-4-6-19(24-27-9-2-10-28-24)20(14-17)25(33)32-11-3-13-34-23(32)16-31-12-8-22(30-31)21-7-5-18(26)15-29-21/h2,4-10,12,14-15,23H,3,11,13,16H2,1H3. The Bertz CT molecular complexity index is 1290. The van der Waals surface area contributed by atoms with E-state index >= 15 is 0 Å². The number of hydrogen-bond acceptors (Lipinski definition) is 6. The highest BCUT2D eigenvalue weighted by atomic mass is 19.1. The summed E-state index contributed by atoms with van der Waals surface area (Å²) >= 11 is 0. The molecule has 1 saturated heterocycles. The summed E-state index contributed by atoms with van der Waals surface area (Å²) in [6.45, 7) is 3.44. The highest BCUT2D eigenvalue weighted by molar-refractivity contribution is 6.00. The maximum Gasteiger partial charge on any atom is 0.256 e. The van der Waals surface area contributed by atoms with Gasteiger partial charge in [-0.3, -0.25) is 14.5 Å². The van der Waals surface area contributed by atoms with E-state index in [0.29, 0.717) is 48.0 Å². The van der Waals surface area contributed by atoms with Crippen molar-refractivity contribution in [3.8, 4) is 22.8 Å². The molecule has 0 radical (unpaired) electrons. The fourth-order valence-electron chi connectivity index (χ4n) is 3.98. The fourth-order valence-corrected chi connectivity index (χ4v) is 3.98. The fraction of sp³-hybridized carbons (Fsp3) is 0.240. The SMILES string of the molecule is Cc1ccc(-c2ncccn2)c(C(=O)N2CCCOC2Cn2ccc(-c3ccc(F)cn3)n2)c1. The third kappa shape index (κ3) is 4.55. The Morgan fingerprint density at radius 2 is 1.97 bits per heavy atom. The Morgan fingerprint density at radius 3 is 2.76 bits per heavy atom. The van der Waals surface area contributed by atoms with Crippen LogP contribution in [-0.2, 0) is 11.3 Å². The first-order valence-electron chi connectivity index (χ1n) is 11.0. The van der Waals surface area contributed by atoms with Crippen molar-refractivity contribution in [3.05, 3.63) is 84.2 Å². The molecule has 1 aliphatic rings. The molecule has 1 unspecified atom stereocenters. The first-order chi connectivity index (χ1) is 16.6. The molecule has 1 aromatic carbocycles. The van der Waals surface area contributed by atoms with Crippen molar-refractivity contribution >= 4 is 5.91 Å². The molecule has 1 fully saturated rings. The van der Waals surface area contributed by atoms with Crippen LogP contribution in [0, 0.1) is 12.7 Å². The second-order valence-electron chi connectivity index (χ2n) is 8.08. The average molecular weight is 458 g/mol. The van der Waals surface area contributed by atoms with Gasteiger partial charge in [-0.25, -0.2) is 14.4 Å². The van der Waals surface area contributed by atoms with Crippen molar-refractivity contribution in [2.45, 2.75) is 26.1 Å². The second-order valence-corrected chi connectivity index (χ2v) is 8.08. The van der Waals surface area contributed by atoms with Crippen LogP contribution < -0.4 is 0 Å². The smallest absolute Gasteiger partial charge is 0.256 e. The van der Waals surface area contributed by atoms with Gasteiger partial charge in [0, 0.05) is 30.7 Å². The van der Waals surface area contributed by atoms with Crippen LogP contribution in [0.1, 0.15) is 22.3 Å². The van der Waals surface area contributed by atoms with Crippen LogP contribution in [0.2, 0.25) is 0 Å². The quantitative estimate of drug-likeness (QED) is 0.453. The Labute approximate surface area is 196 Å². The number of pyridine rings is 1. The van der Waals surface area contributed by atoms with Gasteiger partial charge in [0.1, 0.15) is 11.5 Å². The van der Waals surface area contributed by atoms with E-state index in [-0.39, 0.29) is 5.91 Å². The van der Waals surface area contributed by atoms with Gasteiger partial charge in [0.15, 0.2) is 12.1 Å². The van der Waals surface area contributed by atoms with E-state index in [0.717, 1.165) is 18.2 Å². The first kappa shape index (κ1) is 21.8. The highest BCUT2D eigenvalue weighted by Crippen LogP contribution is 2.25. The molecule has 4 heterocycles. The molecular weight excluding hydrogens is 435 g/mol. The van der Waals surface area contributed by atoms with E-state index in [4.69, 9.17) is 4.74 Å². The summed E-state index contributed by atoms with van der Waals surface area (Å²) in [5.74, 6) is -0.0309. The zero-order valence-electron chi connectivity index (χ0n) is 18.6. The van der Waals surface area contributed by atoms with Crippen molar-refractivity contribution in [2.24, 2.45) is 0 Å². The molecule has 8 nitrogen and oxygen atoms in total. The van der Waals surface area contributed by atoms with Crippen molar-refractivity contribution in [2.75, 3.05) is 13.2 Å². The first-order valence-corrected chi connectivity index (χ1v) is 11.0. The Morgan fingerprint density at radius 1 is 1.12 bits per heavy atom. The summed E-state index contributed by atoms with van der Waals surface area (Å²) in [6, 6.07) is 12.2. The van der Waals surface area contributed by atoms with Crippen LogP contribution in [0.25, 0.3) is 22.8 Å². The van der Waals surface area contributed by atoms with E-state index in [2.05, 4.69) is 20.1 Å². The van der Waals surface area contributed by atoms with Gasteiger partial charge in [0.25, 0.3) is 5.91 Å². The lowest BCUT2D eigenvalue weighted by Crippen LogP contribution is -2.48. The molecule has 0 spiro atoms. The number of nitrogens with zero attached hydrogens (tertiary/aromatic N) is 6. The number of aryl methyl sites for hydroxylation is 1. The number of hydrogen-bond donors (Lipinski definition) is 0. The third-order valence-electron chi connectivity index (χ3n) is 5.65. The van der Waals surface area contributed by atoms with Crippen molar-refractivity contribution in [3.63, 3.8) is 0 Å². The number of carbonyl (C=O) groups excluding carboxylic acids is 1. The summed E-state index contributed by atoms with van der Waals surface area (Å²) in [6.07, 6.45) is 6.55. The summed E-state index contributed by atoms with van der Waals surface area (Å²) in [5, 5.41) is 4.54. The van der Waals surface area contributed by atoms with Crippen LogP contribution in [0.4, 0.5) is 4.39 Å². The molecule has 4 aromatic rings. The van der Waals surface area contributed by atoms with Crippen LogP contribution in [-0.4, -0.2) is 54.9 Å². The summed E-state index contributed by atoms with van der Waals surface area (Å²) in [7, 11) is 0. The predicted octanol–water partition coefficient (Wildman–Crippen LogP) is 3.74. The molecule has 34 heavy (non-hydrogen) atoms. The van der Waals surface area contributed by atoms with E-state index in [1.165, 1.54) is 6.07 Å². The van der Waals surface area contributed by atoms with E-state index in [1.54, 1.807) is 46.4 Å². The minimum Gasteiger partial charge on any atom is -0.356 e. The number of amides is 1. The Kier molecular flexibility index (Phi) is 6.09. The number of ether oxygens (including phenoxy) is 1. The number of halogens is 1. The topological polar surface area (TPSA) is 86.0 Å². The molecule has 172 valence electrons. The molecule has 1 atom stereocenters. The van der Waals surface area contributed by atoms with Crippen molar-refractivity contribution < 1.29 is 13.9 Å². The van der Waals surface area contributed by atoms with Gasteiger partial charge in [-0.1, -0.05) is 17.7 Å². The highest BCUT2D eigenvalue weighted by Gasteiger charge is 2.30. The number of carbonyl (C=O) groups is 1. The zero-order chi connectivity index (χ0) is 23.5. The molecule has 1 amide bonds. The number of rotatable bonds is 5.